The van der Waals surface area contributed by atoms with Crippen molar-refractivity contribution in [2.45, 2.75) is 5.75 Å². The minimum atomic E-state index is -3.44. The molecule has 2 aromatic rings. The van der Waals surface area contributed by atoms with Crippen molar-refractivity contribution in [3.8, 4) is 0 Å². The van der Waals surface area contributed by atoms with Gasteiger partial charge in [0.15, 0.2) is 0 Å². The summed E-state index contributed by atoms with van der Waals surface area (Å²) in [5.41, 5.74) is 0.770. The van der Waals surface area contributed by atoms with Gasteiger partial charge in [-0.3, -0.25) is 0 Å². The molecule has 74 valence electrons. The number of fused-ring (bicyclic) bond motifs is 1. The number of sulfonamides is 1. The normalized spacial score (nSPS) is 12.1. The van der Waals surface area contributed by atoms with Crippen LogP contribution in [-0.2, 0) is 15.8 Å². The van der Waals surface area contributed by atoms with Gasteiger partial charge in [-0.1, -0.05) is 12.1 Å². The number of primary sulfonamides is 1. The van der Waals surface area contributed by atoms with Crippen molar-refractivity contribution in [3.63, 3.8) is 0 Å². The second-order valence-electron chi connectivity index (χ2n) is 3.06. The number of hydrogen-bond acceptors (Lipinski definition) is 3. The maximum atomic E-state index is 10.9. The minimum Gasteiger partial charge on any atom is -0.228 e. The fourth-order valence-electron chi connectivity index (χ4n) is 1.40. The van der Waals surface area contributed by atoms with Crippen LogP contribution < -0.4 is 5.14 Å². The molecule has 0 saturated carbocycles. The molecular weight excluding hydrogens is 218 g/mol. The molecule has 0 saturated heterocycles. The predicted molar refractivity (Wildman–Crippen MR) is 58.6 cm³/mol. The highest BCUT2D eigenvalue weighted by molar-refractivity contribution is 7.88. The summed E-state index contributed by atoms with van der Waals surface area (Å²) < 4.78 is 23.0. The largest absolute Gasteiger partial charge is 0.228 e. The van der Waals surface area contributed by atoms with Crippen LogP contribution in [0.3, 0.4) is 0 Å². The maximum absolute atomic E-state index is 10.9. The third-order valence-electron chi connectivity index (χ3n) is 1.94. The number of thiophene rings is 1. The molecule has 0 atom stereocenters. The van der Waals surface area contributed by atoms with Gasteiger partial charge >= 0.3 is 0 Å². The highest BCUT2D eigenvalue weighted by Crippen LogP contribution is 2.24. The Balaban J connectivity index is 2.57. The quantitative estimate of drug-likeness (QED) is 0.848. The molecule has 2 N–H and O–H groups in total. The van der Waals surface area contributed by atoms with Gasteiger partial charge in [0, 0.05) is 4.70 Å². The first kappa shape index (κ1) is 9.64. The van der Waals surface area contributed by atoms with Gasteiger partial charge < -0.3 is 0 Å². The molecule has 0 aliphatic heterocycles. The Bertz CT molecular complexity index is 557. The Hall–Kier alpha value is -0.910. The van der Waals surface area contributed by atoms with Crippen LogP contribution >= 0.6 is 11.3 Å². The topological polar surface area (TPSA) is 60.2 Å². The van der Waals surface area contributed by atoms with Crippen molar-refractivity contribution < 1.29 is 8.42 Å². The molecule has 0 amide bonds. The van der Waals surface area contributed by atoms with Gasteiger partial charge in [0.1, 0.15) is 0 Å². The lowest BCUT2D eigenvalue weighted by Gasteiger charge is -2.00. The SMILES string of the molecule is NS(=O)(=O)Cc1cccc2sccc12. The summed E-state index contributed by atoms with van der Waals surface area (Å²) in [6, 6.07) is 7.52. The molecule has 0 aliphatic carbocycles. The first-order valence-electron chi connectivity index (χ1n) is 4.02. The minimum absolute atomic E-state index is 0.0962. The van der Waals surface area contributed by atoms with E-state index in [0.717, 1.165) is 15.6 Å². The van der Waals surface area contributed by atoms with Crippen LogP contribution in [0, 0.1) is 0 Å². The van der Waals surface area contributed by atoms with Crippen LogP contribution in [0.1, 0.15) is 5.56 Å². The summed E-state index contributed by atoms with van der Waals surface area (Å²) in [6.45, 7) is 0. The first-order chi connectivity index (χ1) is 6.56. The standard InChI is InChI=1S/C9H9NO2S2/c10-14(11,12)6-7-2-1-3-9-8(7)4-5-13-9/h1-5H,6H2,(H2,10,11,12). The van der Waals surface area contributed by atoms with Gasteiger partial charge in [-0.25, -0.2) is 13.6 Å². The van der Waals surface area contributed by atoms with Gasteiger partial charge in [-0.2, -0.15) is 0 Å². The fourth-order valence-corrected chi connectivity index (χ4v) is 2.92. The second kappa shape index (κ2) is 3.34. The molecular formula is C9H9NO2S2. The number of nitrogens with two attached hydrogens (primary N) is 1. The van der Waals surface area contributed by atoms with Crippen molar-refractivity contribution in [1.29, 1.82) is 0 Å². The monoisotopic (exact) mass is 227 g/mol. The number of hydrogen-bond donors (Lipinski definition) is 1. The molecule has 5 heteroatoms. The Labute approximate surface area is 86.2 Å². The van der Waals surface area contributed by atoms with E-state index >= 15 is 0 Å². The Kier molecular flexibility index (Phi) is 2.30. The van der Waals surface area contributed by atoms with Crippen LogP contribution in [0.5, 0.6) is 0 Å². The Morgan fingerprint density at radius 1 is 1.29 bits per heavy atom. The van der Waals surface area contributed by atoms with Crippen molar-refractivity contribution >= 4 is 31.4 Å². The second-order valence-corrected chi connectivity index (χ2v) is 5.62. The Morgan fingerprint density at radius 3 is 2.79 bits per heavy atom. The van der Waals surface area contributed by atoms with Gasteiger partial charge in [0.2, 0.25) is 10.0 Å². The van der Waals surface area contributed by atoms with Crippen LogP contribution in [0.15, 0.2) is 29.6 Å². The third kappa shape index (κ3) is 1.95. The molecule has 1 aromatic heterocycles. The summed E-state index contributed by atoms with van der Waals surface area (Å²) in [4.78, 5) is 0. The van der Waals surface area contributed by atoms with Crippen LogP contribution in [-0.4, -0.2) is 8.42 Å². The Morgan fingerprint density at radius 2 is 2.07 bits per heavy atom. The lowest BCUT2D eigenvalue weighted by molar-refractivity contribution is 0.597. The van der Waals surface area contributed by atoms with Crippen LogP contribution in [0.4, 0.5) is 0 Å². The molecule has 1 aromatic carbocycles. The third-order valence-corrected chi connectivity index (χ3v) is 3.54. The van der Waals surface area contributed by atoms with E-state index in [1.165, 1.54) is 0 Å². The molecule has 2 rings (SSSR count). The van der Waals surface area contributed by atoms with Crippen molar-refractivity contribution in [3.05, 3.63) is 35.2 Å². The summed E-state index contributed by atoms with van der Waals surface area (Å²) in [5, 5.41) is 7.92. The molecule has 0 radical (unpaired) electrons. The molecule has 0 fully saturated rings. The zero-order valence-electron chi connectivity index (χ0n) is 7.30. The summed E-state index contributed by atoms with van der Waals surface area (Å²) in [5.74, 6) is -0.0962. The lowest BCUT2D eigenvalue weighted by atomic mass is 10.1. The van der Waals surface area contributed by atoms with E-state index in [-0.39, 0.29) is 5.75 Å². The lowest BCUT2D eigenvalue weighted by Crippen LogP contribution is -2.14. The van der Waals surface area contributed by atoms with Gasteiger partial charge in [0.05, 0.1) is 5.75 Å². The van der Waals surface area contributed by atoms with Crippen LogP contribution in [0.25, 0.3) is 10.1 Å². The molecule has 1 heterocycles. The average Bonchev–Trinajstić information content (AvgIpc) is 2.49. The summed E-state index contributed by atoms with van der Waals surface area (Å²) in [6.07, 6.45) is 0. The fraction of sp³-hybridized carbons (Fsp3) is 0.111. The van der Waals surface area contributed by atoms with Crippen molar-refractivity contribution in [2.75, 3.05) is 0 Å². The van der Waals surface area contributed by atoms with E-state index in [2.05, 4.69) is 0 Å². The first-order valence-corrected chi connectivity index (χ1v) is 6.61. The van der Waals surface area contributed by atoms with Crippen molar-refractivity contribution in [2.24, 2.45) is 5.14 Å². The van der Waals surface area contributed by atoms with E-state index in [9.17, 15) is 8.42 Å². The molecule has 0 aliphatic rings. The maximum Gasteiger partial charge on any atom is 0.213 e. The smallest absolute Gasteiger partial charge is 0.213 e. The zero-order valence-corrected chi connectivity index (χ0v) is 8.94. The zero-order chi connectivity index (χ0) is 10.2. The summed E-state index contributed by atoms with van der Waals surface area (Å²) >= 11 is 1.59. The van der Waals surface area contributed by atoms with Gasteiger partial charge in [-0.05, 0) is 28.5 Å². The van der Waals surface area contributed by atoms with E-state index in [1.807, 2.05) is 23.6 Å². The van der Waals surface area contributed by atoms with Gasteiger partial charge in [-0.15, -0.1) is 11.3 Å². The highest BCUT2D eigenvalue weighted by atomic mass is 32.2. The molecule has 0 bridgehead atoms. The van der Waals surface area contributed by atoms with E-state index in [4.69, 9.17) is 5.14 Å². The highest BCUT2D eigenvalue weighted by Gasteiger charge is 2.08. The number of benzene rings is 1. The van der Waals surface area contributed by atoms with E-state index < -0.39 is 10.0 Å². The van der Waals surface area contributed by atoms with E-state index in [0.29, 0.717) is 0 Å². The predicted octanol–water partition coefficient (Wildman–Crippen LogP) is 1.69. The van der Waals surface area contributed by atoms with Gasteiger partial charge in [0.25, 0.3) is 0 Å². The summed E-state index contributed by atoms with van der Waals surface area (Å²) in [7, 11) is -3.44. The van der Waals surface area contributed by atoms with Crippen molar-refractivity contribution in [1.82, 2.24) is 0 Å². The van der Waals surface area contributed by atoms with E-state index in [1.54, 1.807) is 17.4 Å². The molecule has 0 unspecified atom stereocenters. The van der Waals surface area contributed by atoms with Crippen LogP contribution in [0.2, 0.25) is 0 Å². The molecule has 3 nitrogen and oxygen atoms in total. The molecule has 14 heavy (non-hydrogen) atoms. The average molecular weight is 227 g/mol. The number of rotatable bonds is 2. The molecule has 0 spiro atoms.